The first-order chi connectivity index (χ1) is 6.27. The Morgan fingerprint density at radius 2 is 2.08 bits per heavy atom. The molecule has 0 atom stereocenters. The molecule has 0 saturated heterocycles. The molecule has 13 heavy (non-hydrogen) atoms. The van der Waals surface area contributed by atoms with Crippen molar-refractivity contribution in [3.05, 3.63) is 36.7 Å². The summed E-state index contributed by atoms with van der Waals surface area (Å²) in [5.74, 6) is 0.241. The molecule has 1 aromatic rings. The van der Waals surface area contributed by atoms with E-state index in [2.05, 4.69) is 28.3 Å². The first-order valence-corrected chi connectivity index (χ1v) is 3.65. The van der Waals surface area contributed by atoms with Crippen LogP contribution in [0.4, 0.5) is 5.95 Å². The topological polar surface area (TPSA) is 64.2 Å². The minimum Gasteiger partial charge on any atom is -0.368 e. The van der Waals surface area contributed by atoms with Gasteiger partial charge in [-0.2, -0.15) is 0 Å². The Bertz CT molecular complexity index is 337. The highest BCUT2D eigenvalue weighted by Gasteiger charge is 1.98. The van der Waals surface area contributed by atoms with Gasteiger partial charge in [0.2, 0.25) is 5.95 Å². The molecule has 0 amide bonds. The zero-order valence-electron chi connectivity index (χ0n) is 7.14. The smallest absolute Gasteiger partial charge is 0.219 e. The van der Waals surface area contributed by atoms with E-state index in [1.54, 1.807) is 24.5 Å². The van der Waals surface area contributed by atoms with Crippen molar-refractivity contribution in [1.82, 2.24) is 9.97 Å². The summed E-state index contributed by atoms with van der Waals surface area (Å²) < 4.78 is 0. The Balaban J connectivity index is 3.06. The number of anilines is 1. The first kappa shape index (κ1) is 9.12. The molecule has 0 aromatic carbocycles. The highest BCUT2D eigenvalue weighted by atomic mass is 15.0. The van der Waals surface area contributed by atoms with Gasteiger partial charge in [0.1, 0.15) is 0 Å². The van der Waals surface area contributed by atoms with E-state index in [0.29, 0.717) is 5.70 Å². The van der Waals surface area contributed by atoms with Gasteiger partial charge in [-0.3, -0.25) is 4.99 Å². The van der Waals surface area contributed by atoms with Gasteiger partial charge in [-0.15, -0.1) is 0 Å². The van der Waals surface area contributed by atoms with Crippen molar-refractivity contribution in [3.63, 3.8) is 0 Å². The summed E-state index contributed by atoms with van der Waals surface area (Å²) in [5.41, 5.74) is 6.78. The Morgan fingerprint density at radius 3 is 2.54 bits per heavy atom. The van der Waals surface area contributed by atoms with E-state index in [0.717, 1.165) is 5.56 Å². The molecule has 1 heterocycles. The van der Waals surface area contributed by atoms with Gasteiger partial charge in [0, 0.05) is 18.0 Å². The number of aromatic nitrogens is 2. The number of allylic oxidation sites excluding steroid dienone is 2. The van der Waals surface area contributed by atoms with Gasteiger partial charge in [0.05, 0.1) is 5.70 Å². The molecule has 0 spiro atoms. The third-order valence-electron chi connectivity index (χ3n) is 1.41. The van der Waals surface area contributed by atoms with E-state index in [1.807, 2.05) is 0 Å². The second-order valence-corrected chi connectivity index (χ2v) is 2.28. The van der Waals surface area contributed by atoms with Gasteiger partial charge in [-0.1, -0.05) is 12.7 Å². The average molecular weight is 174 g/mol. The number of nitrogens with zero attached hydrogens (tertiary/aromatic N) is 3. The molecule has 4 heteroatoms. The lowest BCUT2D eigenvalue weighted by Gasteiger charge is -1.98. The van der Waals surface area contributed by atoms with Crippen molar-refractivity contribution in [2.24, 2.45) is 4.99 Å². The lowest BCUT2D eigenvalue weighted by molar-refractivity contribution is 1.17. The molecular formula is C9H10N4. The Kier molecular flexibility index (Phi) is 2.92. The molecule has 0 aliphatic carbocycles. The molecule has 0 aliphatic rings. The SMILES string of the molecule is C=CC=C(N=C)c1cnc(N)nc1. The summed E-state index contributed by atoms with van der Waals surface area (Å²) in [6.07, 6.45) is 6.53. The van der Waals surface area contributed by atoms with Crippen LogP contribution >= 0.6 is 0 Å². The van der Waals surface area contributed by atoms with E-state index in [9.17, 15) is 0 Å². The maximum absolute atomic E-state index is 5.33. The van der Waals surface area contributed by atoms with Crippen molar-refractivity contribution >= 4 is 18.4 Å². The molecule has 0 aliphatic heterocycles. The van der Waals surface area contributed by atoms with Gasteiger partial charge < -0.3 is 5.73 Å². The van der Waals surface area contributed by atoms with Crippen LogP contribution in [0, 0.1) is 0 Å². The van der Waals surface area contributed by atoms with E-state index >= 15 is 0 Å². The Hall–Kier alpha value is -1.97. The monoisotopic (exact) mass is 174 g/mol. The van der Waals surface area contributed by atoms with Crippen LogP contribution in [-0.4, -0.2) is 16.7 Å². The number of rotatable bonds is 3. The first-order valence-electron chi connectivity index (χ1n) is 3.65. The molecule has 0 radical (unpaired) electrons. The lowest BCUT2D eigenvalue weighted by Crippen LogP contribution is -1.94. The molecular weight excluding hydrogens is 164 g/mol. The highest BCUT2D eigenvalue weighted by Crippen LogP contribution is 2.13. The summed E-state index contributed by atoms with van der Waals surface area (Å²) in [6.45, 7) is 6.99. The molecule has 4 nitrogen and oxygen atoms in total. The Morgan fingerprint density at radius 1 is 1.46 bits per heavy atom. The van der Waals surface area contributed by atoms with E-state index in [-0.39, 0.29) is 5.95 Å². The molecule has 1 rings (SSSR count). The summed E-state index contributed by atoms with van der Waals surface area (Å²) in [6, 6.07) is 0. The molecule has 1 aromatic heterocycles. The van der Waals surface area contributed by atoms with Crippen LogP contribution in [0.1, 0.15) is 5.56 Å². The molecule has 0 bridgehead atoms. The number of nitrogen functional groups attached to an aromatic ring is 1. The number of hydrogen-bond acceptors (Lipinski definition) is 4. The lowest BCUT2D eigenvalue weighted by atomic mass is 10.2. The zero-order valence-corrected chi connectivity index (χ0v) is 7.14. The van der Waals surface area contributed by atoms with Gasteiger partial charge >= 0.3 is 0 Å². The maximum Gasteiger partial charge on any atom is 0.219 e. The second kappa shape index (κ2) is 4.15. The molecule has 0 unspecified atom stereocenters. The van der Waals surface area contributed by atoms with Crippen LogP contribution in [0.25, 0.3) is 5.70 Å². The van der Waals surface area contributed by atoms with Crippen LogP contribution in [0.15, 0.2) is 36.1 Å². The minimum absolute atomic E-state index is 0.241. The fourth-order valence-corrected chi connectivity index (χ4v) is 0.822. The number of hydrogen-bond donors (Lipinski definition) is 1. The van der Waals surface area contributed by atoms with E-state index in [4.69, 9.17) is 5.73 Å². The van der Waals surface area contributed by atoms with Gasteiger partial charge in [0.15, 0.2) is 0 Å². The van der Waals surface area contributed by atoms with Crippen molar-refractivity contribution in [2.75, 3.05) is 5.73 Å². The molecule has 2 N–H and O–H groups in total. The van der Waals surface area contributed by atoms with Crippen molar-refractivity contribution in [3.8, 4) is 0 Å². The van der Waals surface area contributed by atoms with E-state index < -0.39 is 0 Å². The maximum atomic E-state index is 5.33. The molecule has 0 saturated carbocycles. The number of nitrogens with two attached hydrogens (primary N) is 1. The minimum atomic E-state index is 0.241. The average Bonchev–Trinajstić information content (AvgIpc) is 2.16. The Labute approximate surface area is 76.6 Å². The van der Waals surface area contributed by atoms with Crippen LogP contribution in [0.2, 0.25) is 0 Å². The van der Waals surface area contributed by atoms with Crippen LogP contribution in [0.3, 0.4) is 0 Å². The van der Waals surface area contributed by atoms with Crippen molar-refractivity contribution in [1.29, 1.82) is 0 Å². The van der Waals surface area contributed by atoms with Crippen LogP contribution in [0.5, 0.6) is 0 Å². The highest BCUT2D eigenvalue weighted by molar-refractivity contribution is 5.68. The summed E-state index contributed by atoms with van der Waals surface area (Å²) in [5, 5.41) is 0. The van der Waals surface area contributed by atoms with E-state index in [1.165, 1.54) is 0 Å². The summed E-state index contributed by atoms with van der Waals surface area (Å²) in [7, 11) is 0. The zero-order chi connectivity index (χ0) is 9.68. The van der Waals surface area contributed by atoms with Crippen molar-refractivity contribution in [2.45, 2.75) is 0 Å². The third-order valence-corrected chi connectivity index (χ3v) is 1.41. The summed E-state index contributed by atoms with van der Waals surface area (Å²) >= 11 is 0. The van der Waals surface area contributed by atoms with Crippen LogP contribution in [-0.2, 0) is 0 Å². The standard InChI is InChI=1S/C9H10N4/c1-3-4-8(11-2)7-5-12-9(10)13-6-7/h3-6H,1-2H2,(H2,10,12,13). The molecule has 0 fully saturated rings. The van der Waals surface area contributed by atoms with Crippen LogP contribution < -0.4 is 5.73 Å². The quantitative estimate of drug-likeness (QED) is 0.554. The van der Waals surface area contributed by atoms with Crippen molar-refractivity contribution < 1.29 is 0 Å². The fourth-order valence-electron chi connectivity index (χ4n) is 0.822. The van der Waals surface area contributed by atoms with Gasteiger partial charge in [-0.05, 0) is 12.8 Å². The largest absolute Gasteiger partial charge is 0.368 e. The van der Waals surface area contributed by atoms with Gasteiger partial charge in [0.25, 0.3) is 0 Å². The summed E-state index contributed by atoms with van der Waals surface area (Å²) in [4.78, 5) is 11.5. The third kappa shape index (κ3) is 2.23. The normalized spacial score (nSPS) is 10.9. The predicted octanol–water partition coefficient (Wildman–Crippen LogP) is 1.29. The number of aliphatic imine (C=N–C) groups is 1. The second-order valence-electron chi connectivity index (χ2n) is 2.28. The van der Waals surface area contributed by atoms with Gasteiger partial charge in [-0.25, -0.2) is 9.97 Å². The predicted molar refractivity (Wildman–Crippen MR) is 54.2 cm³/mol. The molecule has 66 valence electrons. The fraction of sp³-hybridized carbons (Fsp3) is 0.